The van der Waals surface area contributed by atoms with Crippen LogP contribution in [-0.4, -0.2) is 14.1 Å². The molecule has 0 radical (unpaired) electrons. The van der Waals surface area contributed by atoms with Crippen molar-refractivity contribution in [1.29, 1.82) is 0 Å². The Morgan fingerprint density at radius 3 is 1.74 bits per heavy atom. The first-order chi connectivity index (χ1) is 9.09. The summed E-state index contributed by atoms with van der Waals surface area (Å²) >= 11 is 0. The average Bonchev–Trinajstić information content (AvgIpc) is 2.64. The van der Waals surface area contributed by atoms with Crippen LogP contribution in [0.3, 0.4) is 0 Å². The third kappa shape index (κ3) is 1.79. The molecular formula is C17H20N2. The van der Waals surface area contributed by atoms with E-state index >= 15 is 0 Å². The second-order valence-corrected chi connectivity index (χ2v) is 5.43. The molecule has 1 heterocycles. The van der Waals surface area contributed by atoms with Gasteiger partial charge in [-0.05, 0) is 42.7 Å². The number of rotatable bonds is 1. The van der Waals surface area contributed by atoms with E-state index in [0.29, 0.717) is 0 Å². The summed E-state index contributed by atoms with van der Waals surface area (Å²) in [6, 6.07) is 15.3. The van der Waals surface area contributed by atoms with Crippen LogP contribution in [0, 0.1) is 13.8 Å². The van der Waals surface area contributed by atoms with E-state index in [2.05, 4.69) is 80.2 Å². The van der Waals surface area contributed by atoms with Crippen LogP contribution in [0.5, 0.6) is 0 Å². The van der Waals surface area contributed by atoms with E-state index in [-0.39, 0.29) is 6.17 Å². The van der Waals surface area contributed by atoms with Crippen molar-refractivity contribution in [3.63, 3.8) is 0 Å². The summed E-state index contributed by atoms with van der Waals surface area (Å²) in [5.74, 6) is 0. The highest BCUT2D eigenvalue weighted by Gasteiger charge is 2.32. The van der Waals surface area contributed by atoms with Gasteiger partial charge in [0.05, 0.1) is 11.4 Å². The van der Waals surface area contributed by atoms with Crippen molar-refractivity contribution in [3.05, 3.63) is 59.2 Å². The molecule has 0 aromatic heterocycles. The number of benzene rings is 2. The highest BCUT2D eigenvalue weighted by Crippen LogP contribution is 2.45. The van der Waals surface area contributed by atoms with Crippen molar-refractivity contribution in [3.8, 4) is 0 Å². The predicted molar refractivity (Wildman–Crippen MR) is 81.9 cm³/mol. The average molecular weight is 252 g/mol. The minimum Gasteiger partial charge on any atom is -0.349 e. The van der Waals surface area contributed by atoms with Crippen molar-refractivity contribution >= 4 is 11.4 Å². The molecule has 0 aliphatic carbocycles. The lowest BCUT2D eigenvalue weighted by atomic mass is 10.1. The van der Waals surface area contributed by atoms with Gasteiger partial charge in [0.1, 0.15) is 6.17 Å². The predicted octanol–water partition coefficient (Wildman–Crippen LogP) is 3.89. The molecule has 1 aliphatic rings. The van der Waals surface area contributed by atoms with Gasteiger partial charge in [-0.1, -0.05) is 30.3 Å². The Morgan fingerprint density at radius 2 is 1.26 bits per heavy atom. The minimum atomic E-state index is 0.289. The van der Waals surface area contributed by atoms with Crippen LogP contribution in [0.15, 0.2) is 42.5 Å². The highest BCUT2D eigenvalue weighted by atomic mass is 15.4. The summed E-state index contributed by atoms with van der Waals surface area (Å²) in [5, 5.41) is 0. The Morgan fingerprint density at radius 1 is 0.789 bits per heavy atom. The van der Waals surface area contributed by atoms with Gasteiger partial charge < -0.3 is 9.80 Å². The smallest absolute Gasteiger partial charge is 0.128 e. The Balaban J connectivity index is 2.09. The number of hydrogen-bond donors (Lipinski definition) is 0. The van der Waals surface area contributed by atoms with Crippen molar-refractivity contribution in [1.82, 2.24) is 0 Å². The molecule has 98 valence electrons. The van der Waals surface area contributed by atoms with Gasteiger partial charge >= 0.3 is 0 Å². The fraction of sp³-hybridized carbons (Fsp3) is 0.294. The van der Waals surface area contributed by atoms with Gasteiger partial charge in [-0.15, -0.1) is 0 Å². The monoisotopic (exact) mass is 252 g/mol. The molecule has 2 aromatic carbocycles. The fourth-order valence-electron chi connectivity index (χ4n) is 2.95. The SMILES string of the molecule is Cc1cc2c(cc1C)N(C)C(c1ccccc1)N2C. The normalized spacial score (nSPS) is 14.9. The fourth-order valence-corrected chi connectivity index (χ4v) is 2.95. The molecule has 2 aromatic rings. The first kappa shape index (κ1) is 12.1. The summed E-state index contributed by atoms with van der Waals surface area (Å²) < 4.78 is 0. The third-order valence-corrected chi connectivity index (χ3v) is 4.18. The van der Waals surface area contributed by atoms with Crippen molar-refractivity contribution in [2.75, 3.05) is 23.9 Å². The summed E-state index contributed by atoms with van der Waals surface area (Å²) in [5.41, 5.74) is 6.68. The van der Waals surface area contributed by atoms with Crippen LogP contribution in [0.1, 0.15) is 22.9 Å². The number of hydrogen-bond acceptors (Lipinski definition) is 2. The van der Waals surface area contributed by atoms with Crippen LogP contribution in [0.4, 0.5) is 11.4 Å². The maximum Gasteiger partial charge on any atom is 0.128 e. The van der Waals surface area contributed by atoms with E-state index < -0.39 is 0 Å². The molecular weight excluding hydrogens is 232 g/mol. The van der Waals surface area contributed by atoms with Gasteiger partial charge in [0.25, 0.3) is 0 Å². The zero-order chi connectivity index (χ0) is 13.6. The van der Waals surface area contributed by atoms with Crippen LogP contribution in [-0.2, 0) is 0 Å². The van der Waals surface area contributed by atoms with E-state index in [1.165, 1.54) is 28.1 Å². The Bertz CT molecular complexity index is 569. The lowest BCUT2D eigenvalue weighted by Gasteiger charge is -2.28. The topological polar surface area (TPSA) is 6.48 Å². The zero-order valence-electron chi connectivity index (χ0n) is 12.0. The molecule has 0 saturated heterocycles. The minimum absolute atomic E-state index is 0.289. The van der Waals surface area contributed by atoms with Crippen LogP contribution < -0.4 is 9.80 Å². The van der Waals surface area contributed by atoms with E-state index in [1.807, 2.05) is 0 Å². The molecule has 0 saturated carbocycles. The van der Waals surface area contributed by atoms with Crippen molar-refractivity contribution in [2.45, 2.75) is 20.0 Å². The van der Waals surface area contributed by atoms with Crippen molar-refractivity contribution < 1.29 is 0 Å². The molecule has 0 spiro atoms. The van der Waals surface area contributed by atoms with Gasteiger partial charge in [0.2, 0.25) is 0 Å². The summed E-state index contributed by atoms with van der Waals surface area (Å²) in [6.45, 7) is 4.36. The van der Waals surface area contributed by atoms with Gasteiger partial charge in [0.15, 0.2) is 0 Å². The van der Waals surface area contributed by atoms with Crippen LogP contribution >= 0.6 is 0 Å². The number of nitrogens with zero attached hydrogens (tertiary/aromatic N) is 2. The van der Waals surface area contributed by atoms with Gasteiger partial charge in [-0.2, -0.15) is 0 Å². The van der Waals surface area contributed by atoms with Crippen molar-refractivity contribution in [2.24, 2.45) is 0 Å². The highest BCUT2D eigenvalue weighted by molar-refractivity contribution is 5.79. The first-order valence-corrected chi connectivity index (χ1v) is 6.71. The molecule has 2 nitrogen and oxygen atoms in total. The maximum absolute atomic E-state index is 2.36. The van der Waals surface area contributed by atoms with E-state index in [9.17, 15) is 0 Å². The molecule has 0 unspecified atom stereocenters. The van der Waals surface area contributed by atoms with E-state index in [4.69, 9.17) is 0 Å². The molecule has 0 fully saturated rings. The molecule has 2 heteroatoms. The van der Waals surface area contributed by atoms with Gasteiger partial charge in [-0.25, -0.2) is 0 Å². The van der Waals surface area contributed by atoms with Gasteiger partial charge in [-0.3, -0.25) is 0 Å². The molecule has 0 N–H and O–H groups in total. The first-order valence-electron chi connectivity index (χ1n) is 6.71. The van der Waals surface area contributed by atoms with E-state index in [1.54, 1.807) is 0 Å². The maximum atomic E-state index is 2.36. The standard InChI is InChI=1S/C17H20N2/c1-12-10-15-16(11-13(12)2)19(4)17(18(15)3)14-8-6-5-7-9-14/h5-11,17H,1-4H3. The number of fused-ring (bicyclic) bond motifs is 1. The molecule has 19 heavy (non-hydrogen) atoms. The summed E-state index contributed by atoms with van der Waals surface area (Å²) in [4.78, 5) is 4.72. The third-order valence-electron chi connectivity index (χ3n) is 4.18. The Hall–Kier alpha value is -1.96. The second-order valence-electron chi connectivity index (χ2n) is 5.43. The molecule has 0 bridgehead atoms. The largest absolute Gasteiger partial charge is 0.349 e. The molecule has 1 aliphatic heterocycles. The molecule has 3 rings (SSSR count). The summed E-state index contributed by atoms with van der Waals surface area (Å²) in [7, 11) is 4.35. The van der Waals surface area contributed by atoms with E-state index in [0.717, 1.165) is 0 Å². The lowest BCUT2D eigenvalue weighted by Crippen LogP contribution is -2.30. The Kier molecular flexibility index (Phi) is 2.74. The quantitative estimate of drug-likeness (QED) is 0.759. The number of anilines is 2. The summed E-state index contributed by atoms with van der Waals surface area (Å²) in [6.07, 6.45) is 0.289. The Labute approximate surface area is 115 Å². The van der Waals surface area contributed by atoms with Crippen LogP contribution in [0.25, 0.3) is 0 Å². The zero-order valence-corrected chi connectivity index (χ0v) is 12.0. The number of aryl methyl sites for hydroxylation is 2. The molecule has 0 amide bonds. The van der Waals surface area contributed by atoms with Gasteiger partial charge in [0, 0.05) is 14.1 Å². The second kappa shape index (κ2) is 4.30. The van der Waals surface area contributed by atoms with Crippen LogP contribution in [0.2, 0.25) is 0 Å². The lowest BCUT2D eigenvalue weighted by molar-refractivity contribution is 0.694. The molecule has 0 atom stereocenters.